The van der Waals surface area contributed by atoms with Crippen molar-refractivity contribution in [2.24, 2.45) is 7.05 Å². The molecule has 0 saturated heterocycles. The maximum absolute atomic E-state index is 12.9. The maximum Gasteiger partial charge on any atom is 0.339 e. The summed E-state index contributed by atoms with van der Waals surface area (Å²) in [6.07, 6.45) is 4.99. The number of nitrogens with one attached hydrogen (secondary N) is 1. The van der Waals surface area contributed by atoms with E-state index in [4.69, 9.17) is 32.5 Å². The van der Waals surface area contributed by atoms with E-state index in [0.29, 0.717) is 32.6 Å². The quantitative estimate of drug-likeness (QED) is 0.366. The number of carbonyl (C=O) groups is 2. The van der Waals surface area contributed by atoms with Gasteiger partial charge in [0.05, 0.1) is 35.0 Å². The Morgan fingerprint density at radius 2 is 1.97 bits per heavy atom. The summed E-state index contributed by atoms with van der Waals surface area (Å²) in [5.74, 6) is -0.582. The molecule has 0 radical (unpaired) electrons. The van der Waals surface area contributed by atoms with Gasteiger partial charge in [-0.15, -0.1) is 0 Å². The summed E-state index contributed by atoms with van der Waals surface area (Å²) in [6.45, 7) is 2.10. The molecule has 1 amide bonds. The molecular formula is C24H21Cl2N5O4. The van der Waals surface area contributed by atoms with Crippen LogP contribution >= 0.6 is 23.2 Å². The number of aryl methyl sites for hydroxylation is 1. The average molecular weight is 514 g/mol. The molecular weight excluding hydrogens is 493 g/mol. The number of halogens is 2. The smallest absolute Gasteiger partial charge is 0.339 e. The Morgan fingerprint density at radius 1 is 1.17 bits per heavy atom. The van der Waals surface area contributed by atoms with Crippen LogP contribution in [0.5, 0.6) is 0 Å². The number of hydrogen-bond acceptors (Lipinski definition) is 7. The molecule has 4 rings (SSSR count). The molecule has 0 saturated carbocycles. The summed E-state index contributed by atoms with van der Waals surface area (Å²) in [6, 6.07) is 9.80. The van der Waals surface area contributed by atoms with Crippen LogP contribution in [0.25, 0.3) is 11.3 Å². The van der Waals surface area contributed by atoms with Crippen molar-refractivity contribution in [3.63, 3.8) is 0 Å². The summed E-state index contributed by atoms with van der Waals surface area (Å²) < 4.78 is 11.7. The fourth-order valence-electron chi connectivity index (χ4n) is 3.55. The van der Waals surface area contributed by atoms with Crippen molar-refractivity contribution in [2.45, 2.75) is 12.3 Å². The number of hydrogen-bond donors (Lipinski definition) is 1. The Hall–Kier alpha value is -3.69. The molecule has 0 aliphatic carbocycles. The van der Waals surface area contributed by atoms with Crippen molar-refractivity contribution >= 4 is 35.1 Å². The van der Waals surface area contributed by atoms with Crippen molar-refractivity contribution < 1.29 is 18.8 Å². The van der Waals surface area contributed by atoms with Crippen molar-refractivity contribution in [1.29, 1.82) is 0 Å². The van der Waals surface area contributed by atoms with E-state index in [1.165, 1.54) is 19.4 Å². The minimum absolute atomic E-state index is 0.0913. The Balaban J connectivity index is 1.57. The van der Waals surface area contributed by atoms with Crippen LogP contribution in [-0.2, 0) is 17.2 Å². The number of nitrogens with zero attached hydrogens (tertiary/aromatic N) is 4. The van der Waals surface area contributed by atoms with E-state index in [2.05, 4.69) is 20.6 Å². The molecule has 1 N–H and O–H groups in total. The lowest BCUT2D eigenvalue weighted by Gasteiger charge is -2.28. The lowest BCUT2D eigenvalue weighted by atomic mass is 9.80. The van der Waals surface area contributed by atoms with Gasteiger partial charge >= 0.3 is 5.97 Å². The Morgan fingerprint density at radius 3 is 2.60 bits per heavy atom. The number of amides is 1. The van der Waals surface area contributed by atoms with Gasteiger partial charge in [-0.25, -0.2) is 4.79 Å². The molecule has 0 aliphatic rings. The number of methoxy groups -OCH3 is 1. The molecule has 0 aliphatic heterocycles. The predicted octanol–water partition coefficient (Wildman–Crippen LogP) is 4.30. The summed E-state index contributed by atoms with van der Waals surface area (Å²) in [5.41, 5.74) is 1.68. The number of aromatic nitrogens is 4. The van der Waals surface area contributed by atoms with E-state index in [9.17, 15) is 9.59 Å². The third kappa shape index (κ3) is 5.06. The van der Waals surface area contributed by atoms with Crippen molar-refractivity contribution in [1.82, 2.24) is 25.2 Å². The molecule has 11 heteroatoms. The second-order valence-electron chi connectivity index (χ2n) is 8.04. The Bertz CT molecular complexity index is 1380. The summed E-state index contributed by atoms with van der Waals surface area (Å²) in [5, 5.41) is 11.9. The third-order valence-corrected chi connectivity index (χ3v) is 6.18. The van der Waals surface area contributed by atoms with E-state index in [-0.39, 0.29) is 12.2 Å². The van der Waals surface area contributed by atoms with Gasteiger partial charge < -0.3 is 14.6 Å². The molecule has 0 fully saturated rings. The molecule has 3 heterocycles. The van der Waals surface area contributed by atoms with Crippen LogP contribution in [0.1, 0.15) is 39.0 Å². The molecule has 3 aromatic heterocycles. The zero-order valence-corrected chi connectivity index (χ0v) is 20.6. The number of pyridine rings is 1. The van der Waals surface area contributed by atoms with Crippen molar-refractivity contribution in [3.8, 4) is 11.3 Å². The highest BCUT2D eigenvalue weighted by Gasteiger charge is 2.33. The highest BCUT2D eigenvalue weighted by Crippen LogP contribution is 2.32. The topological polar surface area (TPSA) is 112 Å². The van der Waals surface area contributed by atoms with Crippen LogP contribution in [-0.4, -0.2) is 45.5 Å². The van der Waals surface area contributed by atoms with Crippen LogP contribution in [0.15, 0.2) is 59.5 Å². The van der Waals surface area contributed by atoms with Gasteiger partial charge in [-0.2, -0.15) is 5.10 Å². The van der Waals surface area contributed by atoms with E-state index < -0.39 is 17.3 Å². The van der Waals surface area contributed by atoms with Gasteiger partial charge in [0.25, 0.3) is 5.91 Å². The summed E-state index contributed by atoms with van der Waals surface area (Å²) in [4.78, 5) is 29.2. The second-order valence-corrected chi connectivity index (χ2v) is 8.89. The van der Waals surface area contributed by atoms with Crippen molar-refractivity contribution in [2.75, 3.05) is 13.7 Å². The minimum atomic E-state index is -0.759. The third-order valence-electron chi connectivity index (χ3n) is 5.63. The minimum Gasteiger partial charge on any atom is -0.465 e. The van der Waals surface area contributed by atoms with Crippen molar-refractivity contribution in [3.05, 3.63) is 87.5 Å². The first-order valence-corrected chi connectivity index (χ1v) is 11.2. The van der Waals surface area contributed by atoms with Gasteiger partial charge in [0, 0.05) is 48.2 Å². The molecule has 180 valence electrons. The summed E-state index contributed by atoms with van der Waals surface area (Å²) in [7, 11) is 3.11. The molecule has 4 aromatic rings. The fraction of sp³-hybridized carbons (Fsp3) is 0.208. The second kappa shape index (κ2) is 9.89. The lowest BCUT2D eigenvalue weighted by Crippen LogP contribution is -2.40. The molecule has 1 unspecified atom stereocenters. The number of rotatable bonds is 7. The van der Waals surface area contributed by atoms with Gasteiger partial charge in [-0.05, 0) is 37.3 Å². The number of carbonyl (C=O) groups excluding carboxylic acids is 2. The highest BCUT2D eigenvalue weighted by molar-refractivity contribution is 6.36. The largest absolute Gasteiger partial charge is 0.465 e. The molecule has 1 atom stereocenters. The maximum atomic E-state index is 12.9. The zero-order valence-electron chi connectivity index (χ0n) is 19.1. The van der Waals surface area contributed by atoms with Gasteiger partial charge in [0.1, 0.15) is 0 Å². The first kappa shape index (κ1) is 24.4. The van der Waals surface area contributed by atoms with E-state index in [0.717, 1.165) is 5.56 Å². The fourth-order valence-corrected chi connectivity index (χ4v) is 4.05. The standard InChI is InChI=1S/C24H21Cl2N5O4/c1-24(15-11-29-31(2)12-15,21-7-4-14(10-27-21)23(33)34-3)13-28-22(32)19-9-20(35-30-19)17-6-5-16(25)8-18(17)26/h4-12H,13H2,1-3H3,(H,28,32). The number of benzene rings is 1. The van der Waals surface area contributed by atoms with E-state index in [1.807, 2.05) is 13.1 Å². The predicted molar refractivity (Wildman–Crippen MR) is 130 cm³/mol. The van der Waals surface area contributed by atoms with E-state index in [1.54, 1.807) is 48.3 Å². The van der Waals surface area contributed by atoms with Gasteiger partial charge in [-0.3, -0.25) is 14.5 Å². The van der Waals surface area contributed by atoms with Crippen LogP contribution < -0.4 is 5.32 Å². The van der Waals surface area contributed by atoms with Crippen LogP contribution in [0.4, 0.5) is 0 Å². The van der Waals surface area contributed by atoms with Gasteiger partial charge in [0.15, 0.2) is 11.5 Å². The molecule has 1 aromatic carbocycles. The summed E-state index contributed by atoms with van der Waals surface area (Å²) >= 11 is 12.2. The first-order valence-electron chi connectivity index (χ1n) is 10.5. The molecule has 9 nitrogen and oxygen atoms in total. The SMILES string of the molecule is COC(=O)c1ccc(C(C)(CNC(=O)c2cc(-c3ccc(Cl)cc3Cl)on2)c2cnn(C)c2)nc1. The monoisotopic (exact) mass is 513 g/mol. The van der Waals surface area contributed by atoms with E-state index >= 15 is 0 Å². The average Bonchev–Trinajstić information content (AvgIpc) is 3.52. The zero-order chi connectivity index (χ0) is 25.2. The first-order chi connectivity index (χ1) is 16.7. The van der Waals surface area contributed by atoms with Crippen LogP contribution in [0.2, 0.25) is 10.0 Å². The number of ether oxygens (including phenoxy) is 1. The normalized spacial score (nSPS) is 12.7. The highest BCUT2D eigenvalue weighted by atomic mass is 35.5. The Labute approximate surface area is 211 Å². The molecule has 0 spiro atoms. The Kier molecular flexibility index (Phi) is 6.90. The lowest BCUT2D eigenvalue weighted by molar-refractivity contribution is 0.0600. The molecule has 35 heavy (non-hydrogen) atoms. The van der Waals surface area contributed by atoms with Crippen LogP contribution in [0, 0.1) is 0 Å². The molecule has 0 bridgehead atoms. The van der Waals surface area contributed by atoms with Gasteiger partial charge in [-0.1, -0.05) is 28.4 Å². The number of esters is 1. The van der Waals surface area contributed by atoms with Gasteiger partial charge in [0.2, 0.25) is 0 Å². The van der Waals surface area contributed by atoms with Crippen LogP contribution in [0.3, 0.4) is 0 Å².